The molecule has 2 rings (SSSR count). The minimum Gasteiger partial charge on any atom is -0.399 e. The standard InChI is InChI=1S/C12H11N3OS/c13-10-3-1-2-9(8-10)4-5-11(16)15-12-14-6-7-17-12/h1-8H,13H2,(H,14,15,16)/b5-4+. The Morgan fingerprint density at radius 3 is 3.06 bits per heavy atom. The monoisotopic (exact) mass is 245 g/mol. The van der Waals surface area contributed by atoms with Crippen LogP contribution in [0.25, 0.3) is 6.08 Å². The van der Waals surface area contributed by atoms with E-state index in [1.165, 1.54) is 17.4 Å². The summed E-state index contributed by atoms with van der Waals surface area (Å²) in [4.78, 5) is 15.5. The fourth-order valence-corrected chi connectivity index (χ4v) is 1.80. The molecule has 0 saturated carbocycles. The maximum absolute atomic E-state index is 11.5. The Hall–Kier alpha value is -2.14. The average molecular weight is 245 g/mol. The van der Waals surface area contributed by atoms with Crippen LogP contribution in [0.2, 0.25) is 0 Å². The molecule has 0 aliphatic heterocycles. The van der Waals surface area contributed by atoms with Crippen LogP contribution in [0.4, 0.5) is 10.8 Å². The number of rotatable bonds is 3. The molecule has 5 heteroatoms. The first-order valence-corrected chi connectivity index (χ1v) is 5.86. The smallest absolute Gasteiger partial charge is 0.250 e. The first-order valence-electron chi connectivity index (χ1n) is 4.98. The minimum atomic E-state index is -0.206. The first kappa shape index (κ1) is 11.3. The van der Waals surface area contributed by atoms with Crippen molar-refractivity contribution in [2.24, 2.45) is 0 Å². The van der Waals surface area contributed by atoms with Crippen molar-refractivity contribution in [3.05, 3.63) is 47.5 Å². The quantitative estimate of drug-likeness (QED) is 0.644. The number of thiazole rings is 1. The van der Waals surface area contributed by atoms with Crippen molar-refractivity contribution < 1.29 is 4.79 Å². The molecule has 0 spiro atoms. The van der Waals surface area contributed by atoms with Crippen LogP contribution in [0.1, 0.15) is 5.56 Å². The highest BCUT2D eigenvalue weighted by atomic mass is 32.1. The van der Waals surface area contributed by atoms with Crippen LogP contribution in [0.3, 0.4) is 0 Å². The molecule has 17 heavy (non-hydrogen) atoms. The summed E-state index contributed by atoms with van der Waals surface area (Å²) in [5.41, 5.74) is 7.19. The van der Waals surface area contributed by atoms with Gasteiger partial charge in [0.1, 0.15) is 0 Å². The van der Waals surface area contributed by atoms with Crippen LogP contribution >= 0.6 is 11.3 Å². The predicted octanol–water partition coefficient (Wildman–Crippen LogP) is 2.38. The highest BCUT2D eigenvalue weighted by molar-refractivity contribution is 7.13. The zero-order valence-electron chi connectivity index (χ0n) is 8.96. The molecule has 4 nitrogen and oxygen atoms in total. The number of nitrogen functional groups attached to an aromatic ring is 1. The molecule has 1 aromatic carbocycles. The third-order valence-corrected chi connectivity index (χ3v) is 2.69. The van der Waals surface area contributed by atoms with Crippen molar-refractivity contribution in [1.29, 1.82) is 0 Å². The van der Waals surface area contributed by atoms with Crippen molar-refractivity contribution in [2.75, 3.05) is 11.1 Å². The molecule has 0 aliphatic rings. The van der Waals surface area contributed by atoms with Crippen LogP contribution in [0.5, 0.6) is 0 Å². The van der Waals surface area contributed by atoms with E-state index in [2.05, 4.69) is 10.3 Å². The molecule has 0 bridgehead atoms. The summed E-state index contributed by atoms with van der Waals surface area (Å²) in [5, 5.41) is 5.05. The molecular formula is C12H11N3OS. The summed E-state index contributed by atoms with van der Waals surface area (Å²) in [7, 11) is 0. The van der Waals surface area contributed by atoms with Crippen molar-refractivity contribution in [1.82, 2.24) is 4.98 Å². The number of benzene rings is 1. The summed E-state index contributed by atoms with van der Waals surface area (Å²) < 4.78 is 0. The van der Waals surface area contributed by atoms with Gasteiger partial charge in [-0.1, -0.05) is 12.1 Å². The molecule has 0 unspecified atom stereocenters. The van der Waals surface area contributed by atoms with Crippen molar-refractivity contribution >= 4 is 34.1 Å². The predicted molar refractivity (Wildman–Crippen MR) is 70.6 cm³/mol. The molecule has 0 saturated heterocycles. The Morgan fingerprint density at radius 2 is 2.35 bits per heavy atom. The first-order chi connectivity index (χ1) is 8.24. The summed E-state index contributed by atoms with van der Waals surface area (Å²) in [6, 6.07) is 7.32. The topological polar surface area (TPSA) is 68.0 Å². The van der Waals surface area contributed by atoms with Gasteiger partial charge < -0.3 is 5.73 Å². The molecule has 0 atom stereocenters. The molecule has 1 heterocycles. The van der Waals surface area contributed by atoms with Gasteiger partial charge >= 0.3 is 0 Å². The molecule has 86 valence electrons. The van der Waals surface area contributed by atoms with Gasteiger partial charge in [-0.15, -0.1) is 11.3 Å². The van der Waals surface area contributed by atoms with E-state index in [4.69, 9.17) is 5.73 Å². The molecule has 1 aromatic heterocycles. The Labute approximate surface area is 103 Å². The van der Waals surface area contributed by atoms with Gasteiger partial charge in [0.2, 0.25) is 5.91 Å². The fraction of sp³-hybridized carbons (Fsp3) is 0. The van der Waals surface area contributed by atoms with Crippen LogP contribution in [0.15, 0.2) is 41.9 Å². The lowest BCUT2D eigenvalue weighted by Crippen LogP contribution is -2.07. The third kappa shape index (κ3) is 3.42. The zero-order chi connectivity index (χ0) is 12.1. The lowest BCUT2D eigenvalue weighted by molar-refractivity contribution is -0.111. The highest BCUT2D eigenvalue weighted by Gasteiger charge is 1.98. The number of amides is 1. The average Bonchev–Trinajstić information content (AvgIpc) is 2.79. The minimum absolute atomic E-state index is 0.206. The molecule has 0 fully saturated rings. The zero-order valence-corrected chi connectivity index (χ0v) is 9.78. The number of nitrogens with zero attached hydrogens (tertiary/aromatic N) is 1. The lowest BCUT2D eigenvalue weighted by atomic mass is 10.2. The van der Waals surface area contributed by atoms with Crippen molar-refractivity contribution in [3.63, 3.8) is 0 Å². The van der Waals surface area contributed by atoms with Gasteiger partial charge in [-0.25, -0.2) is 4.98 Å². The number of nitrogens with one attached hydrogen (secondary N) is 1. The van der Waals surface area contributed by atoms with Crippen LogP contribution in [-0.4, -0.2) is 10.9 Å². The third-order valence-electron chi connectivity index (χ3n) is 2.00. The Balaban J connectivity index is 1.99. The van der Waals surface area contributed by atoms with Gasteiger partial charge in [0, 0.05) is 23.3 Å². The normalized spacial score (nSPS) is 10.6. The van der Waals surface area contributed by atoms with Crippen LogP contribution < -0.4 is 11.1 Å². The van der Waals surface area contributed by atoms with Gasteiger partial charge in [0.25, 0.3) is 0 Å². The van der Waals surface area contributed by atoms with Crippen molar-refractivity contribution in [2.45, 2.75) is 0 Å². The molecule has 0 aliphatic carbocycles. The largest absolute Gasteiger partial charge is 0.399 e. The molecule has 3 N–H and O–H groups in total. The number of hydrogen-bond acceptors (Lipinski definition) is 4. The Morgan fingerprint density at radius 1 is 1.47 bits per heavy atom. The Bertz CT molecular complexity index is 534. The summed E-state index contributed by atoms with van der Waals surface area (Å²) in [6.07, 6.45) is 4.80. The van der Waals surface area contributed by atoms with Gasteiger partial charge in [-0.2, -0.15) is 0 Å². The Kier molecular flexibility index (Phi) is 3.52. The number of carbonyl (C=O) groups is 1. The van der Waals surface area contributed by atoms with Gasteiger partial charge in [-0.05, 0) is 23.8 Å². The summed E-state index contributed by atoms with van der Waals surface area (Å²) in [6.45, 7) is 0. The molecule has 0 radical (unpaired) electrons. The van der Waals surface area contributed by atoms with Crippen LogP contribution in [-0.2, 0) is 4.79 Å². The van der Waals surface area contributed by atoms with Gasteiger partial charge in [-0.3, -0.25) is 10.1 Å². The molecular weight excluding hydrogens is 234 g/mol. The maximum atomic E-state index is 11.5. The maximum Gasteiger partial charge on any atom is 0.250 e. The van der Waals surface area contributed by atoms with Gasteiger partial charge in [0.15, 0.2) is 5.13 Å². The number of nitrogens with two attached hydrogens (primary N) is 1. The van der Waals surface area contributed by atoms with E-state index in [9.17, 15) is 4.79 Å². The number of aromatic nitrogens is 1. The number of carbonyl (C=O) groups excluding carboxylic acids is 1. The lowest BCUT2D eigenvalue weighted by Gasteiger charge is -1.97. The van der Waals surface area contributed by atoms with E-state index < -0.39 is 0 Å². The second-order valence-corrected chi connectivity index (χ2v) is 4.22. The van der Waals surface area contributed by atoms with Crippen molar-refractivity contribution in [3.8, 4) is 0 Å². The number of hydrogen-bond donors (Lipinski definition) is 2. The summed E-state index contributed by atoms with van der Waals surface area (Å²) in [5.74, 6) is -0.206. The van der Waals surface area contributed by atoms with E-state index in [1.54, 1.807) is 29.8 Å². The molecule has 2 aromatic rings. The van der Waals surface area contributed by atoms with E-state index in [0.29, 0.717) is 10.8 Å². The van der Waals surface area contributed by atoms with E-state index in [0.717, 1.165) is 5.56 Å². The van der Waals surface area contributed by atoms with E-state index >= 15 is 0 Å². The van der Waals surface area contributed by atoms with Gasteiger partial charge in [0.05, 0.1) is 0 Å². The van der Waals surface area contributed by atoms with Crippen LogP contribution in [0, 0.1) is 0 Å². The second kappa shape index (κ2) is 5.27. The molecule has 1 amide bonds. The number of anilines is 2. The van der Waals surface area contributed by atoms with E-state index in [1.807, 2.05) is 12.1 Å². The summed E-state index contributed by atoms with van der Waals surface area (Å²) >= 11 is 1.38. The fourth-order valence-electron chi connectivity index (χ4n) is 1.27. The highest BCUT2D eigenvalue weighted by Crippen LogP contribution is 2.11. The van der Waals surface area contributed by atoms with E-state index in [-0.39, 0.29) is 5.91 Å². The second-order valence-electron chi connectivity index (χ2n) is 3.33. The SMILES string of the molecule is Nc1cccc(/C=C/C(=O)Nc2nccs2)c1.